The first-order valence-electron chi connectivity index (χ1n) is 8.88. The number of fused-ring (bicyclic) bond motifs is 1. The molecule has 2 atom stereocenters. The molecule has 2 aromatic rings. The lowest BCUT2D eigenvalue weighted by atomic mass is 10.1. The number of nitrogens with one attached hydrogen (secondary N) is 2. The summed E-state index contributed by atoms with van der Waals surface area (Å²) in [4.78, 5) is 8.80. The number of aryl methyl sites for hydroxylation is 1. The summed E-state index contributed by atoms with van der Waals surface area (Å²) in [6.45, 7) is 3.97. The topological polar surface area (TPSA) is 87.4 Å². The molecule has 1 aliphatic heterocycles. The van der Waals surface area contributed by atoms with Crippen LogP contribution in [0.4, 0.5) is 0 Å². The van der Waals surface area contributed by atoms with Crippen LogP contribution in [0.15, 0.2) is 41.7 Å². The minimum Gasteiger partial charge on any atom is -0.391 e. The van der Waals surface area contributed by atoms with Crippen LogP contribution in [0.3, 0.4) is 0 Å². The summed E-state index contributed by atoms with van der Waals surface area (Å²) < 4.78 is 1.94. The summed E-state index contributed by atoms with van der Waals surface area (Å²) in [5.41, 5.74) is 1.12. The van der Waals surface area contributed by atoms with Gasteiger partial charge in [0.2, 0.25) is 0 Å². The number of hydrogen-bond acceptors (Lipinski definition) is 4. The highest BCUT2D eigenvalue weighted by Crippen LogP contribution is 2.11. The fourth-order valence-corrected chi connectivity index (χ4v) is 3.02. The first-order valence-corrected chi connectivity index (χ1v) is 8.88. The Bertz CT molecular complexity index is 690. The highest BCUT2D eigenvalue weighted by molar-refractivity contribution is 14.0. The molecule has 0 saturated carbocycles. The van der Waals surface area contributed by atoms with E-state index < -0.39 is 6.10 Å². The van der Waals surface area contributed by atoms with Gasteiger partial charge in [0.05, 0.1) is 19.2 Å². The van der Waals surface area contributed by atoms with Crippen LogP contribution in [-0.2, 0) is 19.4 Å². The summed E-state index contributed by atoms with van der Waals surface area (Å²) in [5, 5.41) is 21.2. The number of guanidine groups is 1. The first-order chi connectivity index (χ1) is 12.2. The van der Waals surface area contributed by atoms with Crippen LogP contribution >= 0.6 is 24.0 Å². The van der Waals surface area contributed by atoms with Crippen molar-refractivity contribution in [1.29, 1.82) is 0 Å². The number of aliphatic imine (C=N–C) groups is 1. The third-order valence-corrected chi connectivity index (χ3v) is 4.26. The summed E-state index contributed by atoms with van der Waals surface area (Å²) >= 11 is 0. The molecular formula is C18H27IN6O. The molecule has 0 amide bonds. The van der Waals surface area contributed by atoms with Gasteiger partial charge in [-0.2, -0.15) is 5.10 Å². The van der Waals surface area contributed by atoms with Crippen molar-refractivity contribution in [2.75, 3.05) is 13.1 Å². The van der Waals surface area contributed by atoms with Gasteiger partial charge in [0, 0.05) is 25.4 Å². The number of hydrogen-bond donors (Lipinski definition) is 3. The van der Waals surface area contributed by atoms with E-state index in [2.05, 4.69) is 25.7 Å². The molecule has 26 heavy (non-hydrogen) atoms. The van der Waals surface area contributed by atoms with Gasteiger partial charge in [-0.15, -0.1) is 24.0 Å². The van der Waals surface area contributed by atoms with Crippen LogP contribution in [-0.4, -0.2) is 51.1 Å². The van der Waals surface area contributed by atoms with Crippen molar-refractivity contribution in [3.8, 4) is 0 Å². The molecule has 3 N–H and O–H groups in total. The molecule has 3 rings (SSSR count). The Morgan fingerprint density at radius 2 is 2.19 bits per heavy atom. The Kier molecular flexibility index (Phi) is 8.30. The monoisotopic (exact) mass is 470 g/mol. The van der Waals surface area contributed by atoms with Crippen molar-refractivity contribution in [2.24, 2.45) is 4.99 Å². The van der Waals surface area contributed by atoms with E-state index in [0.29, 0.717) is 13.0 Å². The minimum atomic E-state index is -0.494. The van der Waals surface area contributed by atoms with Gasteiger partial charge >= 0.3 is 0 Å². The summed E-state index contributed by atoms with van der Waals surface area (Å²) in [7, 11) is 0. The van der Waals surface area contributed by atoms with Gasteiger partial charge in [0.25, 0.3) is 0 Å². The van der Waals surface area contributed by atoms with E-state index in [9.17, 15) is 5.11 Å². The highest BCUT2D eigenvalue weighted by atomic mass is 127. The van der Waals surface area contributed by atoms with E-state index in [4.69, 9.17) is 0 Å². The normalized spacial score (nSPS) is 17.8. The second kappa shape index (κ2) is 10.5. The van der Waals surface area contributed by atoms with Crippen molar-refractivity contribution in [3.63, 3.8) is 0 Å². The number of halogens is 1. The Morgan fingerprint density at radius 1 is 1.38 bits per heavy atom. The van der Waals surface area contributed by atoms with Gasteiger partial charge in [-0.25, -0.2) is 9.67 Å². The summed E-state index contributed by atoms with van der Waals surface area (Å²) in [6, 6.07) is 10.3. The quantitative estimate of drug-likeness (QED) is 0.337. The molecule has 142 valence electrons. The Labute approximate surface area is 171 Å². The molecule has 2 unspecified atom stereocenters. The number of aromatic nitrogens is 3. The average molecular weight is 470 g/mol. The van der Waals surface area contributed by atoms with Gasteiger partial charge < -0.3 is 15.7 Å². The molecule has 0 fully saturated rings. The maximum Gasteiger partial charge on any atom is 0.191 e. The zero-order valence-electron chi connectivity index (χ0n) is 15.0. The minimum absolute atomic E-state index is 0. The van der Waals surface area contributed by atoms with Crippen LogP contribution in [0.2, 0.25) is 0 Å². The van der Waals surface area contributed by atoms with Crippen LogP contribution in [0.5, 0.6) is 0 Å². The smallest absolute Gasteiger partial charge is 0.191 e. The van der Waals surface area contributed by atoms with Crippen molar-refractivity contribution < 1.29 is 5.11 Å². The van der Waals surface area contributed by atoms with E-state index in [1.54, 1.807) is 6.33 Å². The molecule has 1 aromatic carbocycles. The molecule has 0 spiro atoms. The van der Waals surface area contributed by atoms with E-state index in [1.807, 2.05) is 41.9 Å². The Morgan fingerprint density at radius 3 is 2.96 bits per heavy atom. The zero-order valence-corrected chi connectivity index (χ0v) is 17.3. The standard InChI is InChI=1S/C18H26N6O.HI/c1-2-19-18(20-11-16(25)10-14-6-4-3-5-7-14)23-15-8-9-17-21-13-22-24(17)12-15;/h3-7,13,15-16,25H,2,8-12H2,1H3,(H2,19,20,23);1H. The SMILES string of the molecule is CCNC(=NCC(O)Cc1ccccc1)NC1CCc2ncnn2C1.I. The molecule has 1 aliphatic rings. The lowest BCUT2D eigenvalue weighted by Crippen LogP contribution is -2.47. The van der Waals surface area contributed by atoms with Gasteiger partial charge in [-0.3, -0.25) is 4.99 Å². The van der Waals surface area contributed by atoms with Crippen LogP contribution < -0.4 is 10.6 Å². The van der Waals surface area contributed by atoms with Gasteiger partial charge in [0.1, 0.15) is 12.2 Å². The number of aliphatic hydroxyl groups excluding tert-OH is 1. The molecule has 0 saturated heterocycles. The molecule has 1 aromatic heterocycles. The van der Waals surface area contributed by atoms with E-state index >= 15 is 0 Å². The van der Waals surface area contributed by atoms with Crippen molar-refractivity contribution in [1.82, 2.24) is 25.4 Å². The molecule has 0 aliphatic carbocycles. The van der Waals surface area contributed by atoms with E-state index in [1.165, 1.54) is 0 Å². The second-order valence-corrected chi connectivity index (χ2v) is 6.30. The largest absolute Gasteiger partial charge is 0.391 e. The fraction of sp³-hybridized carbons (Fsp3) is 0.500. The molecular weight excluding hydrogens is 443 g/mol. The third kappa shape index (κ3) is 5.94. The fourth-order valence-electron chi connectivity index (χ4n) is 3.02. The highest BCUT2D eigenvalue weighted by Gasteiger charge is 2.20. The van der Waals surface area contributed by atoms with Crippen LogP contribution in [0.1, 0.15) is 24.7 Å². The van der Waals surface area contributed by atoms with Crippen LogP contribution in [0, 0.1) is 0 Å². The first kappa shape index (κ1) is 20.6. The molecule has 2 heterocycles. The van der Waals surface area contributed by atoms with Gasteiger partial charge in [-0.1, -0.05) is 30.3 Å². The second-order valence-electron chi connectivity index (χ2n) is 6.30. The van der Waals surface area contributed by atoms with E-state index in [0.717, 1.165) is 43.3 Å². The third-order valence-electron chi connectivity index (χ3n) is 4.26. The van der Waals surface area contributed by atoms with Crippen molar-refractivity contribution in [2.45, 2.75) is 44.9 Å². The maximum absolute atomic E-state index is 10.2. The summed E-state index contributed by atoms with van der Waals surface area (Å²) in [6.07, 6.45) is 3.63. The van der Waals surface area contributed by atoms with Gasteiger partial charge in [0.15, 0.2) is 5.96 Å². The van der Waals surface area contributed by atoms with Crippen molar-refractivity contribution >= 4 is 29.9 Å². The summed E-state index contributed by atoms with van der Waals surface area (Å²) in [5.74, 6) is 1.78. The molecule has 8 heteroatoms. The molecule has 0 radical (unpaired) electrons. The molecule has 0 bridgehead atoms. The lowest BCUT2D eigenvalue weighted by molar-refractivity contribution is 0.183. The number of nitrogens with zero attached hydrogens (tertiary/aromatic N) is 4. The Balaban J connectivity index is 0.00000243. The zero-order chi connectivity index (χ0) is 17.5. The Hall–Kier alpha value is -1.68. The average Bonchev–Trinajstić information content (AvgIpc) is 3.08. The number of benzene rings is 1. The van der Waals surface area contributed by atoms with Crippen LogP contribution in [0.25, 0.3) is 0 Å². The maximum atomic E-state index is 10.2. The predicted octanol–water partition coefficient (Wildman–Crippen LogP) is 1.37. The number of aliphatic hydroxyl groups is 1. The number of rotatable bonds is 6. The van der Waals surface area contributed by atoms with E-state index in [-0.39, 0.29) is 30.0 Å². The lowest BCUT2D eigenvalue weighted by Gasteiger charge is -2.25. The van der Waals surface area contributed by atoms with Gasteiger partial charge in [-0.05, 0) is 18.9 Å². The van der Waals surface area contributed by atoms with Crippen molar-refractivity contribution in [3.05, 3.63) is 48.0 Å². The predicted molar refractivity (Wildman–Crippen MR) is 113 cm³/mol. The molecule has 7 nitrogen and oxygen atoms in total.